The Morgan fingerprint density at radius 1 is 1.23 bits per heavy atom. The van der Waals surface area contributed by atoms with Gasteiger partial charge in [-0.05, 0) is 75.2 Å². The fraction of sp³-hybridized carbons (Fsp3) is 0.719. The van der Waals surface area contributed by atoms with E-state index in [1.807, 2.05) is 53.0 Å². The third-order valence-electron chi connectivity index (χ3n) is 9.03. The first-order chi connectivity index (χ1) is 18.4. The van der Waals surface area contributed by atoms with Crippen LogP contribution in [0.4, 0.5) is 0 Å². The van der Waals surface area contributed by atoms with Gasteiger partial charge in [0.2, 0.25) is 5.91 Å². The summed E-state index contributed by atoms with van der Waals surface area (Å²) in [6.45, 7) is 22.4. The van der Waals surface area contributed by atoms with Gasteiger partial charge in [0.25, 0.3) is 0 Å². The normalized spacial score (nSPS) is 29.2. The van der Waals surface area contributed by atoms with Crippen LogP contribution < -0.4 is 5.32 Å². The van der Waals surface area contributed by atoms with Gasteiger partial charge in [0.15, 0.2) is 8.32 Å². The molecule has 0 fully saturated rings. The minimum atomic E-state index is -2.33. The Hall–Kier alpha value is -1.61. The van der Waals surface area contributed by atoms with Crippen LogP contribution in [0.2, 0.25) is 18.1 Å². The Morgan fingerprint density at radius 3 is 2.45 bits per heavy atom. The van der Waals surface area contributed by atoms with Gasteiger partial charge in [0, 0.05) is 16.7 Å². The molecule has 226 valence electrons. The van der Waals surface area contributed by atoms with E-state index in [0.717, 1.165) is 35.5 Å². The molecule has 1 aliphatic rings. The van der Waals surface area contributed by atoms with Crippen molar-refractivity contribution in [3.63, 3.8) is 0 Å². The van der Waals surface area contributed by atoms with Crippen LogP contribution in [0.1, 0.15) is 98.2 Å². The number of aryl methyl sites for hydroxylation is 1. The quantitative estimate of drug-likeness (QED) is 0.280. The number of nitrogens with zero attached hydrogens (tertiary/aromatic N) is 1. The van der Waals surface area contributed by atoms with Crippen LogP contribution in [0.25, 0.3) is 6.08 Å². The summed E-state index contributed by atoms with van der Waals surface area (Å²) >= 11 is 1.61. The van der Waals surface area contributed by atoms with E-state index in [1.165, 1.54) is 0 Å². The second kappa shape index (κ2) is 14.0. The summed E-state index contributed by atoms with van der Waals surface area (Å²) in [5.41, 5.74) is 0.979. The summed E-state index contributed by atoms with van der Waals surface area (Å²) in [7, 11) is -2.33. The minimum Gasteiger partial charge on any atom is -0.412 e. The van der Waals surface area contributed by atoms with E-state index in [2.05, 4.69) is 56.3 Å². The predicted molar refractivity (Wildman–Crippen MR) is 170 cm³/mol. The first-order valence-corrected chi connectivity index (χ1v) is 18.6. The molecule has 1 aromatic heterocycles. The van der Waals surface area contributed by atoms with Gasteiger partial charge in [0.05, 0.1) is 35.4 Å². The lowest BCUT2D eigenvalue weighted by Gasteiger charge is -2.44. The first-order valence-electron chi connectivity index (χ1n) is 14.8. The number of carbonyl (C=O) groups is 2. The molecule has 5 atom stereocenters. The number of carbonyl (C=O) groups excluding carboxylic acids is 2. The molecular formula is C32H54N2O4SSi. The highest BCUT2D eigenvalue weighted by Crippen LogP contribution is 2.42. The van der Waals surface area contributed by atoms with E-state index in [9.17, 15) is 14.7 Å². The number of Topliss-reactive ketones (excluding diaryl/α,β-unsaturated/α-hetero) is 1. The summed E-state index contributed by atoms with van der Waals surface area (Å²) < 4.78 is 6.85. The van der Waals surface area contributed by atoms with E-state index in [0.29, 0.717) is 6.42 Å². The number of aliphatic hydroxyl groups is 1. The van der Waals surface area contributed by atoms with E-state index in [4.69, 9.17) is 4.43 Å². The molecule has 8 heteroatoms. The summed E-state index contributed by atoms with van der Waals surface area (Å²) in [6, 6.07) is -0.189. The molecule has 2 heterocycles. The molecule has 1 aromatic rings. The Balaban J connectivity index is 2.49. The number of aliphatic hydroxyl groups excluding tert-OH is 1. The standard InChI is InChI=1S/C32H54N2O4SSi/c1-21-16-14-12-13-15-17-26(22(2)18-25-20-39-24(4)33-25)34-28(35)19-27(38-40(10,11)31(5,6)7)32(8,9)30(37)23(3)29(21)36/h13,15,18,20-21,23,26-27,29,36H,12,14,16-17,19H2,1-11H3,(H,34,35)/b15-13-,22-18+/t21-,23-,26-,27-,29+/m0/s1. The van der Waals surface area contributed by atoms with E-state index in [-0.39, 0.29) is 35.1 Å². The molecule has 6 nitrogen and oxygen atoms in total. The van der Waals surface area contributed by atoms with Gasteiger partial charge >= 0.3 is 0 Å². The zero-order valence-corrected chi connectivity index (χ0v) is 28.6. The second-order valence-electron chi connectivity index (χ2n) is 13.9. The van der Waals surface area contributed by atoms with Crippen LogP contribution in [0.15, 0.2) is 23.1 Å². The van der Waals surface area contributed by atoms with Crippen LogP contribution >= 0.6 is 11.3 Å². The maximum Gasteiger partial charge on any atom is 0.223 e. The van der Waals surface area contributed by atoms with E-state index in [1.54, 1.807) is 11.3 Å². The second-order valence-corrected chi connectivity index (χ2v) is 19.7. The van der Waals surface area contributed by atoms with Crippen molar-refractivity contribution in [3.8, 4) is 0 Å². The zero-order valence-electron chi connectivity index (χ0n) is 26.8. The molecule has 2 N–H and O–H groups in total. The highest BCUT2D eigenvalue weighted by Gasteiger charge is 2.48. The summed E-state index contributed by atoms with van der Waals surface area (Å²) in [6.07, 6.45) is 8.40. The zero-order chi connectivity index (χ0) is 30.5. The van der Waals surface area contributed by atoms with Gasteiger partial charge in [-0.15, -0.1) is 11.3 Å². The molecule has 0 saturated heterocycles. The molecule has 1 aliphatic heterocycles. The number of allylic oxidation sites excluding steroid dienone is 1. The maximum absolute atomic E-state index is 14.0. The number of amides is 1. The molecule has 1 amide bonds. The molecule has 40 heavy (non-hydrogen) atoms. The lowest BCUT2D eigenvalue weighted by atomic mass is 9.73. The van der Waals surface area contributed by atoms with Crippen LogP contribution in [-0.2, 0) is 14.0 Å². The van der Waals surface area contributed by atoms with Gasteiger partial charge < -0.3 is 14.8 Å². The van der Waals surface area contributed by atoms with Gasteiger partial charge in [0.1, 0.15) is 5.78 Å². The Labute approximate surface area is 248 Å². The topological polar surface area (TPSA) is 88.5 Å². The fourth-order valence-electron chi connectivity index (χ4n) is 5.01. The number of aromatic nitrogens is 1. The Morgan fingerprint density at radius 2 is 1.88 bits per heavy atom. The van der Waals surface area contributed by atoms with Crippen LogP contribution in [0.5, 0.6) is 0 Å². The van der Waals surface area contributed by atoms with Crippen LogP contribution in [-0.4, -0.2) is 48.3 Å². The molecule has 0 unspecified atom stereocenters. The molecule has 0 aliphatic carbocycles. The number of nitrogens with one attached hydrogen (secondary N) is 1. The number of thiazole rings is 1. The van der Waals surface area contributed by atoms with Crippen molar-refractivity contribution in [2.75, 3.05) is 0 Å². The highest BCUT2D eigenvalue weighted by molar-refractivity contribution is 7.09. The lowest BCUT2D eigenvalue weighted by molar-refractivity contribution is -0.142. The SMILES string of the molecule is C/C(=C\c1csc(C)n1)[C@@H]1C/C=C\CCC[C@H](C)[C@@H](O)[C@H](C)C(=O)C(C)(C)[C@@H](O[Si](C)(C)C(C)(C)C)CC(=O)N1. The molecule has 2 rings (SSSR count). The maximum atomic E-state index is 14.0. The minimum absolute atomic E-state index is 0.00129. The average Bonchev–Trinajstić information content (AvgIpc) is 3.25. The fourth-order valence-corrected chi connectivity index (χ4v) is 7.02. The molecular weight excluding hydrogens is 537 g/mol. The monoisotopic (exact) mass is 590 g/mol. The van der Waals surface area contributed by atoms with Crippen molar-refractivity contribution < 1.29 is 19.1 Å². The van der Waals surface area contributed by atoms with Crippen molar-refractivity contribution >= 4 is 37.4 Å². The lowest BCUT2D eigenvalue weighted by Crippen LogP contribution is -2.53. The van der Waals surface area contributed by atoms with Gasteiger partial charge in [-0.3, -0.25) is 9.59 Å². The molecule has 0 saturated carbocycles. The first kappa shape index (κ1) is 34.6. The van der Waals surface area contributed by atoms with Crippen LogP contribution in [0, 0.1) is 24.2 Å². The molecule has 0 bridgehead atoms. The van der Waals surface area contributed by atoms with Crippen molar-refractivity contribution in [3.05, 3.63) is 33.8 Å². The third-order valence-corrected chi connectivity index (χ3v) is 14.3. The van der Waals surface area contributed by atoms with Gasteiger partial charge in [-0.1, -0.05) is 60.6 Å². The Kier molecular flexibility index (Phi) is 12.1. The van der Waals surface area contributed by atoms with Crippen molar-refractivity contribution in [1.82, 2.24) is 10.3 Å². The number of hydrogen-bond acceptors (Lipinski definition) is 6. The molecule has 0 radical (unpaired) electrons. The summed E-state index contributed by atoms with van der Waals surface area (Å²) in [5, 5.41) is 17.3. The molecule has 0 aromatic carbocycles. The average molecular weight is 591 g/mol. The van der Waals surface area contributed by atoms with Crippen molar-refractivity contribution in [2.45, 2.75) is 131 Å². The highest BCUT2D eigenvalue weighted by atomic mass is 32.1. The van der Waals surface area contributed by atoms with Crippen LogP contribution in [0.3, 0.4) is 0 Å². The summed E-state index contributed by atoms with van der Waals surface area (Å²) in [4.78, 5) is 32.2. The number of hydrogen-bond donors (Lipinski definition) is 2. The van der Waals surface area contributed by atoms with Gasteiger partial charge in [-0.25, -0.2) is 4.98 Å². The molecule has 0 spiro atoms. The Bertz CT molecular complexity index is 1070. The van der Waals surface area contributed by atoms with Crippen molar-refractivity contribution in [1.29, 1.82) is 0 Å². The summed E-state index contributed by atoms with van der Waals surface area (Å²) in [5.74, 6) is -0.749. The van der Waals surface area contributed by atoms with Gasteiger partial charge in [-0.2, -0.15) is 0 Å². The number of rotatable bonds is 4. The van der Waals surface area contributed by atoms with E-state index >= 15 is 0 Å². The van der Waals surface area contributed by atoms with Crippen molar-refractivity contribution in [2.24, 2.45) is 17.3 Å². The predicted octanol–water partition coefficient (Wildman–Crippen LogP) is 7.48. The largest absolute Gasteiger partial charge is 0.412 e. The third kappa shape index (κ3) is 9.20. The number of ketones is 1. The van der Waals surface area contributed by atoms with E-state index < -0.39 is 31.9 Å². The smallest absolute Gasteiger partial charge is 0.223 e.